The van der Waals surface area contributed by atoms with Crippen molar-refractivity contribution >= 4 is 22.1 Å². The number of fused-ring (bicyclic) bond motifs is 1. The van der Waals surface area contributed by atoms with E-state index < -0.39 is 0 Å². The molecule has 0 saturated heterocycles. The molecule has 1 N–H and O–H groups in total. The fourth-order valence-corrected chi connectivity index (χ4v) is 4.77. The number of hydrogen-bond acceptors (Lipinski definition) is 1. The summed E-state index contributed by atoms with van der Waals surface area (Å²) in [5.41, 5.74) is 9.54. The Labute approximate surface area is 206 Å². The second kappa shape index (κ2) is 9.32. The maximum absolute atomic E-state index is 3.62. The largest absolute Gasteiger partial charge is 0.355 e. The molecule has 0 amide bonds. The van der Waals surface area contributed by atoms with Crippen LogP contribution in [0.4, 0.5) is 11.4 Å². The van der Waals surface area contributed by atoms with Gasteiger partial charge in [0.25, 0.3) is 0 Å². The van der Waals surface area contributed by atoms with Crippen molar-refractivity contribution in [2.24, 2.45) is 0 Å². The van der Waals surface area contributed by atoms with Gasteiger partial charge in [0.15, 0.2) is 0 Å². The van der Waals surface area contributed by atoms with Crippen LogP contribution in [0.5, 0.6) is 0 Å². The molecule has 0 aliphatic heterocycles. The first kappa shape index (κ1) is 20.9. The maximum atomic E-state index is 3.62. The molecule has 0 aliphatic carbocycles. The van der Waals surface area contributed by atoms with Gasteiger partial charge in [0, 0.05) is 16.9 Å². The number of para-hydroxylation sites is 1. The summed E-state index contributed by atoms with van der Waals surface area (Å²) in [6, 6.07) is 51.5. The summed E-state index contributed by atoms with van der Waals surface area (Å²) >= 11 is 0. The minimum atomic E-state index is 1.07. The molecule has 1 heteroatoms. The molecule has 6 aromatic rings. The van der Waals surface area contributed by atoms with Gasteiger partial charge in [-0.15, -0.1) is 0 Å². The highest BCUT2D eigenvalue weighted by Crippen LogP contribution is 2.36. The van der Waals surface area contributed by atoms with Crippen LogP contribution in [0.2, 0.25) is 0 Å². The lowest BCUT2D eigenvalue weighted by molar-refractivity contribution is 1.53. The van der Waals surface area contributed by atoms with Crippen LogP contribution in [-0.4, -0.2) is 0 Å². The van der Waals surface area contributed by atoms with E-state index in [4.69, 9.17) is 0 Å². The van der Waals surface area contributed by atoms with Crippen LogP contribution in [0.3, 0.4) is 0 Å². The number of hydrogen-bond donors (Lipinski definition) is 1. The monoisotopic (exact) mass is 447 g/mol. The van der Waals surface area contributed by atoms with E-state index >= 15 is 0 Å². The molecule has 1 nitrogen and oxygen atoms in total. The lowest BCUT2D eigenvalue weighted by Gasteiger charge is -2.14. The fourth-order valence-electron chi connectivity index (χ4n) is 4.77. The molecule has 0 unspecified atom stereocenters. The second-order valence-corrected chi connectivity index (χ2v) is 8.69. The van der Waals surface area contributed by atoms with Crippen LogP contribution in [0.1, 0.15) is 0 Å². The van der Waals surface area contributed by atoms with Crippen molar-refractivity contribution in [2.75, 3.05) is 5.32 Å². The quantitative estimate of drug-likeness (QED) is 0.277. The van der Waals surface area contributed by atoms with Gasteiger partial charge in [-0.25, -0.2) is 0 Å². The molecule has 0 aliphatic rings. The van der Waals surface area contributed by atoms with Gasteiger partial charge in [-0.05, 0) is 56.8 Å². The highest BCUT2D eigenvalue weighted by atomic mass is 14.9. The second-order valence-electron chi connectivity index (χ2n) is 8.69. The van der Waals surface area contributed by atoms with Crippen LogP contribution in [0, 0.1) is 0 Å². The molecule has 0 atom stereocenters. The van der Waals surface area contributed by atoms with E-state index in [2.05, 4.69) is 145 Å². The van der Waals surface area contributed by atoms with Gasteiger partial charge in [0.1, 0.15) is 0 Å². The Hall–Kier alpha value is -4.62. The predicted octanol–water partition coefficient (Wildman–Crippen LogP) is 9.58. The summed E-state index contributed by atoms with van der Waals surface area (Å²) in [6.45, 7) is 0. The maximum Gasteiger partial charge on any atom is 0.0463 e. The third-order valence-corrected chi connectivity index (χ3v) is 6.50. The Bertz CT molecular complexity index is 1580. The van der Waals surface area contributed by atoms with Crippen LogP contribution < -0.4 is 5.32 Å². The van der Waals surface area contributed by atoms with E-state index in [1.807, 2.05) is 6.07 Å². The van der Waals surface area contributed by atoms with Crippen molar-refractivity contribution < 1.29 is 0 Å². The van der Waals surface area contributed by atoms with Gasteiger partial charge in [-0.2, -0.15) is 0 Å². The Morgan fingerprint density at radius 2 is 0.771 bits per heavy atom. The summed E-state index contributed by atoms with van der Waals surface area (Å²) in [5.74, 6) is 0. The Kier molecular flexibility index (Phi) is 5.58. The van der Waals surface area contributed by atoms with Gasteiger partial charge in [-0.3, -0.25) is 0 Å². The standard InChI is InChI=1S/C34H25N/c1-3-11-25(12-4-1)29-23-24-30(33-17-8-7-16-32(29)33)27-19-21-28(22-20-27)35-34-18-10-9-15-31(34)26-13-5-2-6-14-26/h1-24,35H. The molecular formula is C34H25N. The Morgan fingerprint density at radius 1 is 0.314 bits per heavy atom. The molecule has 0 bridgehead atoms. The average molecular weight is 448 g/mol. The number of nitrogens with one attached hydrogen (secondary N) is 1. The minimum Gasteiger partial charge on any atom is -0.355 e. The van der Waals surface area contributed by atoms with Crippen LogP contribution in [0.25, 0.3) is 44.2 Å². The lowest BCUT2D eigenvalue weighted by Crippen LogP contribution is -1.93. The third kappa shape index (κ3) is 4.20. The van der Waals surface area contributed by atoms with E-state index in [0.29, 0.717) is 0 Å². The minimum absolute atomic E-state index is 1.07. The first-order chi connectivity index (χ1) is 17.4. The molecule has 0 heterocycles. The van der Waals surface area contributed by atoms with E-state index in [0.717, 1.165) is 11.4 Å². The highest BCUT2D eigenvalue weighted by Gasteiger charge is 2.10. The molecule has 0 fully saturated rings. The smallest absolute Gasteiger partial charge is 0.0463 e. The van der Waals surface area contributed by atoms with E-state index in [1.54, 1.807) is 0 Å². The first-order valence-electron chi connectivity index (χ1n) is 12.0. The zero-order chi connectivity index (χ0) is 23.5. The third-order valence-electron chi connectivity index (χ3n) is 6.50. The zero-order valence-corrected chi connectivity index (χ0v) is 19.4. The molecule has 0 saturated carbocycles. The summed E-state index contributed by atoms with van der Waals surface area (Å²) in [7, 11) is 0. The van der Waals surface area contributed by atoms with E-state index in [1.165, 1.54) is 44.2 Å². The molecule has 166 valence electrons. The summed E-state index contributed by atoms with van der Waals surface area (Å²) in [5, 5.41) is 6.16. The van der Waals surface area contributed by atoms with Crippen molar-refractivity contribution in [1.82, 2.24) is 0 Å². The summed E-state index contributed by atoms with van der Waals surface area (Å²) in [4.78, 5) is 0. The molecule has 6 rings (SSSR count). The van der Waals surface area contributed by atoms with Gasteiger partial charge in [-0.1, -0.05) is 127 Å². The predicted molar refractivity (Wildman–Crippen MR) is 150 cm³/mol. The van der Waals surface area contributed by atoms with Gasteiger partial charge < -0.3 is 5.32 Å². The van der Waals surface area contributed by atoms with Gasteiger partial charge >= 0.3 is 0 Å². The first-order valence-corrected chi connectivity index (χ1v) is 12.0. The Morgan fingerprint density at radius 3 is 1.37 bits per heavy atom. The zero-order valence-electron chi connectivity index (χ0n) is 19.4. The normalized spacial score (nSPS) is 10.9. The summed E-state index contributed by atoms with van der Waals surface area (Å²) in [6.07, 6.45) is 0. The molecule has 0 radical (unpaired) electrons. The summed E-state index contributed by atoms with van der Waals surface area (Å²) < 4.78 is 0. The topological polar surface area (TPSA) is 12.0 Å². The SMILES string of the molecule is c1ccc(-c2ccccc2Nc2ccc(-c3ccc(-c4ccccc4)c4ccccc34)cc2)cc1. The van der Waals surface area contributed by atoms with Crippen LogP contribution >= 0.6 is 0 Å². The molecule has 0 spiro atoms. The molecule has 6 aromatic carbocycles. The Balaban J connectivity index is 1.34. The molecule has 35 heavy (non-hydrogen) atoms. The number of benzene rings is 6. The van der Waals surface area contributed by atoms with Gasteiger partial charge in [0.05, 0.1) is 0 Å². The average Bonchev–Trinajstić information content (AvgIpc) is 2.94. The number of anilines is 2. The van der Waals surface area contributed by atoms with Crippen molar-refractivity contribution in [3.63, 3.8) is 0 Å². The fraction of sp³-hybridized carbons (Fsp3) is 0. The van der Waals surface area contributed by atoms with Gasteiger partial charge in [0.2, 0.25) is 0 Å². The highest BCUT2D eigenvalue weighted by molar-refractivity contribution is 6.05. The van der Waals surface area contributed by atoms with E-state index in [9.17, 15) is 0 Å². The van der Waals surface area contributed by atoms with Crippen molar-refractivity contribution in [3.8, 4) is 33.4 Å². The molecule has 0 aromatic heterocycles. The van der Waals surface area contributed by atoms with E-state index in [-0.39, 0.29) is 0 Å². The van der Waals surface area contributed by atoms with Crippen molar-refractivity contribution in [3.05, 3.63) is 146 Å². The van der Waals surface area contributed by atoms with Crippen molar-refractivity contribution in [1.29, 1.82) is 0 Å². The lowest BCUT2D eigenvalue weighted by atomic mass is 9.92. The van der Waals surface area contributed by atoms with Crippen LogP contribution in [-0.2, 0) is 0 Å². The van der Waals surface area contributed by atoms with Crippen molar-refractivity contribution in [2.45, 2.75) is 0 Å². The number of rotatable bonds is 5. The molecular weight excluding hydrogens is 422 g/mol. The van der Waals surface area contributed by atoms with Crippen LogP contribution in [0.15, 0.2) is 146 Å².